The Morgan fingerprint density at radius 2 is 2.40 bits per heavy atom. The van der Waals surface area contributed by atoms with Crippen molar-refractivity contribution in [1.29, 1.82) is 0 Å². The number of nitrogens with one attached hydrogen (secondary N) is 1. The number of hydrogen-bond acceptors (Lipinski definition) is 2. The van der Waals surface area contributed by atoms with Gasteiger partial charge in [-0.1, -0.05) is 20.3 Å². The fourth-order valence-electron chi connectivity index (χ4n) is 2.93. The Kier molecular flexibility index (Phi) is 3.68. The molecule has 3 unspecified atom stereocenters. The summed E-state index contributed by atoms with van der Waals surface area (Å²) >= 11 is 0. The van der Waals surface area contributed by atoms with Crippen LogP contribution in [0.5, 0.6) is 0 Å². The summed E-state index contributed by atoms with van der Waals surface area (Å²) in [6, 6.07) is 0.488. The molecule has 2 rings (SSSR count). The second kappa shape index (κ2) is 5.02. The Labute approximate surface area is 93.1 Å². The van der Waals surface area contributed by atoms with Crippen molar-refractivity contribution in [3.8, 4) is 0 Å². The Morgan fingerprint density at radius 3 is 2.93 bits per heavy atom. The average molecular weight is 209 g/mol. The Hall–Kier alpha value is -0.500. The number of rotatable bonds is 4. The quantitative estimate of drug-likeness (QED) is 0.768. The van der Waals surface area contributed by atoms with Crippen LogP contribution in [0.3, 0.4) is 0 Å². The van der Waals surface area contributed by atoms with Gasteiger partial charge in [-0.25, -0.2) is 0 Å². The molecule has 1 N–H and O–H groups in total. The molecule has 0 aromatic rings. The maximum Gasteiger partial charge on any atom is 0.109 e. The first-order valence-corrected chi connectivity index (χ1v) is 6.37. The minimum atomic E-state index is 0.488. The highest BCUT2D eigenvalue weighted by Crippen LogP contribution is 2.35. The molecule has 2 aliphatic rings. The Morgan fingerprint density at radius 1 is 1.53 bits per heavy atom. The summed E-state index contributed by atoms with van der Waals surface area (Å²) in [5.41, 5.74) is 0. The molecule has 1 fully saturated rings. The van der Waals surface area contributed by atoms with E-state index in [2.05, 4.69) is 25.2 Å². The van der Waals surface area contributed by atoms with Gasteiger partial charge in [-0.3, -0.25) is 0 Å². The minimum Gasteiger partial charge on any atom is -0.496 e. The lowest BCUT2D eigenvalue weighted by atomic mass is 9.95. The molecule has 0 aromatic heterocycles. The van der Waals surface area contributed by atoms with E-state index in [0.29, 0.717) is 6.04 Å². The summed E-state index contributed by atoms with van der Waals surface area (Å²) < 4.78 is 5.71. The molecule has 15 heavy (non-hydrogen) atoms. The molecule has 0 saturated heterocycles. The fraction of sp³-hybridized carbons (Fsp3) is 0.846. The first-order chi connectivity index (χ1) is 7.31. The van der Waals surface area contributed by atoms with E-state index in [1.165, 1.54) is 25.0 Å². The van der Waals surface area contributed by atoms with Crippen LogP contribution >= 0.6 is 0 Å². The third-order valence-electron chi connectivity index (χ3n) is 3.67. The fourth-order valence-corrected chi connectivity index (χ4v) is 2.93. The van der Waals surface area contributed by atoms with Crippen molar-refractivity contribution in [1.82, 2.24) is 5.32 Å². The monoisotopic (exact) mass is 209 g/mol. The van der Waals surface area contributed by atoms with Crippen molar-refractivity contribution in [2.45, 2.75) is 45.6 Å². The molecule has 0 aromatic carbocycles. The van der Waals surface area contributed by atoms with E-state index < -0.39 is 0 Å². The van der Waals surface area contributed by atoms with Gasteiger partial charge >= 0.3 is 0 Å². The highest BCUT2D eigenvalue weighted by molar-refractivity contribution is 5.10. The molecule has 0 bridgehead atoms. The smallest absolute Gasteiger partial charge is 0.109 e. The first-order valence-electron chi connectivity index (χ1n) is 6.37. The molecule has 86 valence electrons. The van der Waals surface area contributed by atoms with Crippen molar-refractivity contribution >= 4 is 0 Å². The van der Waals surface area contributed by atoms with Gasteiger partial charge in [-0.15, -0.1) is 0 Å². The van der Waals surface area contributed by atoms with Crippen molar-refractivity contribution < 1.29 is 4.74 Å². The van der Waals surface area contributed by atoms with Crippen LogP contribution in [0.2, 0.25) is 0 Å². The van der Waals surface area contributed by atoms with E-state index in [9.17, 15) is 0 Å². The number of hydrogen-bond donors (Lipinski definition) is 1. The summed E-state index contributed by atoms with van der Waals surface area (Å²) in [6.07, 6.45) is 7.48. The van der Waals surface area contributed by atoms with Gasteiger partial charge in [0.15, 0.2) is 0 Å². The zero-order valence-electron chi connectivity index (χ0n) is 9.96. The Bertz CT molecular complexity index is 237. The Balaban J connectivity index is 1.99. The van der Waals surface area contributed by atoms with Gasteiger partial charge in [0.2, 0.25) is 0 Å². The SMILES string of the molecule is CCNC(C1=CCCO1)C1CCC(C)C1. The van der Waals surface area contributed by atoms with Crippen molar-refractivity contribution in [3.05, 3.63) is 11.8 Å². The lowest BCUT2D eigenvalue weighted by Crippen LogP contribution is -2.37. The minimum absolute atomic E-state index is 0.488. The molecular formula is C13H23NO. The largest absolute Gasteiger partial charge is 0.496 e. The van der Waals surface area contributed by atoms with Crippen LogP contribution in [0.25, 0.3) is 0 Å². The van der Waals surface area contributed by atoms with Gasteiger partial charge in [0.05, 0.1) is 12.6 Å². The van der Waals surface area contributed by atoms with Crippen molar-refractivity contribution in [2.75, 3.05) is 13.2 Å². The first kappa shape index (κ1) is 11.0. The van der Waals surface area contributed by atoms with Crippen molar-refractivity contribution in [2.24, 2.45) is 11.8 Å². The summed E-state index contributed by atoms with van der Waals surface area (Å²) in [6.45, 7) is 6.48. The van der Waals surface area contributed by atoms with Gasteiger partial charge in [-0.2, -0.15) is 0 Å². The molecule has 1 heterocycles. The van der Waals surface area contributed by atoms with E-state index in [0.717, 1.165) is 31.4 Å². The maximum absolute atomic E-state index is 5.71. The van der Waals surface area contributed by atoms with Gasteiger partial charge in [-0.05, 0) is 37.3 Å². The van der Waals surface area contributed by atoms with Crippen molar-refractivity contribution in [3.63, 3.8) is 0 Å². The summed E-state index contributed by atoms with van der Waals surface area (Å²) in [5.74, 6) is 2.92. The molecular weight excluding hydrogens is 186 g/mol. The molecule has 2 nitrogen and oxygen atoms in total. The highest BCUT2D eigenvalue weighted by Gasteiger charge is 2.32. The zero-order valence-corrected chi connectivity index (χ0v) is 9.96. The molecule has 1 aliphatic heterocycles. The van der Waals surface area contributed by atoms with Gasteiger partial charge in [0, 0.05) is 6.42 Å². The van der Waals surface area contributed by atoms with E-state index in [4.69, 9.17) is 4.74 Å². The van der Waals surface area contributed by atoms with Crippen LogP contribution in [0, 0.1) is 11.8 Å². The number of ether oxygens (including phenoxy) is 1. The van der Waals surface area contributed by atoms with E-state index in [1.807, 2.05) is 0 Å². The third-order valence-corrected chi connectivity index (χ3v) is 3.67. The zero-order chi connectivity index (χ0) is 10.7. The molecule has 2 heteroatoms. The van der Waals surface area contributed by atoms with Crippen LogP contribution in [0.15, 0.2) is 11.8 Å². The second-order valence-electron chi connectivity index (χ2n) is 4.96. The van der Waals surface area contributed by atoms with E-state index >= 15 is 0 Å². The van der Waals surface area contributed by atoms with Crippen LogP contribution < -0.4 is 5.32 Å². The van der Waals surface area contributed by atoms with Gasteiger partial charge in [0.1, 0.15) is 5.76 Å². The molecule has 1 saturated carbocycles. The topological polar surface area (TPSA) is 21.3 Å². The summed E-state index contributed by atoms with van der Waals surface area (Å²) in [7, 11) is 0. The van der Waals surface area contributed by atoms with E-state index in [-0.39, 0.29) is 0 Å². The maximum atomic E-state index is 5.71. The predicted molar refractivity (Wildman–Crippen MR) is 62.6 cm³/mol. The van der Waals surface area contributed by atoms with Crippen LogP contribution in [0.1, 0.15) is 39.5 Å². The second-order valence-corrected chi connectivity index (χ2v) is 4.96. The highest BCUT2D eigenvalue weighted by atomic mass is 16.5. The normalized spacial score (nSPS) is 32.5. The van der Waals surface area contributed by atoms with Gasteiger partial charge < -0.3 is 10.1 Å². The molecule has 0 spiro atoms. The molecule has 1 aliphatic carbocycles. The lowest BCUT2D eigenvalue weighted by molar-refractivity contribution is 0.193. The average Bonchev–Trinajstić information content (AvgIpc) is 2.85. The van der Waals surface area contributed by atoms with E-state index in [1.54, 1.807) is 0 Å². The van der Waals surface area contributed by atoms with Crippen LogP contribution in [0.4, 0.5) is 0 Å². The molecule has 0 amide bonds. The van der Waals surface area contributed by atoms with Gasteiger partial charge in [0.25, 0.3) is 0 Å². The standard InChI is InChI=1S/C13H23NO/c1-3-14-13(12-5-4-8-15-12)11-7-6-10(2)9-11/h5,10-11,13-14H,3-4,6-9H2,1-2H3. The molecule has 0 radical (unpaired) electrons. The summed E-state index contributed by atoms with van der Waals surface area (Å²) in [4.78, 5) is 0. The van der Waals surface area contributed by atoms with Crippen LogP contribution in [-0.4, -0.2) is 19.2 Å². The predicted octanol–water partition coefficient (Wildman–Crippen LogP) is 2.70. The number of likely N-dealkylation sites (N-methyl/N-ethyl adjacent to an activating group) is 1. The van der Waals surface area contributed by atoms with Crippen LogP contribution in [-0.2, 0) is 4.74 Å². The lowest BCUT2D eigenvalue weighted by Gasteiger charge is -2.25. The molecule has 3 atom stereocenters. The third kappa shape index (κ3) is 2.54. The summed E-state index contributed by atoms with van der Waals surface area (Å²) in [5, 5.41) is 3.59.